The van der Waals surface area contributed by atoms with E-state index in [4.69, 9.17) is 11.6 Å². The van der Waals surface area contributed by atoms with Crippen molar-refractivity contribution in [2.24, 2.45) is 0 Å². The first-order valence-electron chi connectivity index (χ1n) is 6.33. The number of nitrogens with zero attached hydrogens (tertiary/aromatic N) is 1. The first kappa shape index (κ1) is 16.3. The standard InChI is InChI=1S/C14H19ClF3N/c1-11(2)19(9-3-8-14(16,17)18)10-12-4-6-13(15)7-5-12/h4-7,11H,3,8-10H2,1-2H3. The minimum Gasteiger partial charge on any atom is -0.297 e. The van der Waals surface area contributed by atoms with Gasteiger partial charge >= 0.3 is 6.18 Å². The average molecular weight is 294 g/mol. The topological polar surface area (TPSA) is 3.24 Å². The molecule has 1 aromatic carbocycles. The molecule has 0 bridgehead atoms. The molecule has 0 aromatic heterocycles. The molecule has 0 N–H and O–H groups in total. The molecule has 5 heteroatoms. The summed E-state index contributed by atoms with van der Waals surface area (Å²) < 4.78 is 36.4. The highest BCUT2D eigenvalue weighted by Crippen LogP contribution is 2.22. The smallest absolute Gasteiger partial charge is 0.297 e. The highest BCUT2D eigenvalue weighted by molar-refractivity contribution is 6.30. The number of hydrogen-bond acceptors (Lipinski definition) is 1. The number of halogens is 4. The summed E-state index contributed by atoms with van der Waals surface area (Å²) in [5, 5.41) is 0.664. The lowest BCUT2D eigenvalue weighted by Crippen LogP contribution is -2.32. The molecule has 0 amide bonds. The molecule has 0 aliphatic carbocycles. The molecule has 0 fully saturated rings. The van der Waals surface area contributed by atoms with E-state index in [1.165, 1.54) is 0 Å². The van der Waals surface area contributed by atoms with E-state index in [2.05, 4.69) is 0 Å². The largest absolute Gasteiger partial charge is 0.389 e. The van der Waals surface area contributed by atoms with Crippen molar-refractivity contribution in [3.05, 3.63) is 34.9 Å². The first-order chi connectivity index (χ1) is 8.78. The van der Waals surface area contributed by atoms with Crippen molar-refractivity contribution in [2.45, 2.75) is 45.5 Å². The summed E-state index contributed by atoms with van der Waals surface area (Å²) in [5.74, 6) is 0. The molecular formula is C14H19ClF3N. The van der Waals surface area contributed by atoms with Crippen LogP contribution in [0, 0.1) is 0 Å². The molecule has 0 aliphatic heterocycles. The van der Waals surface area contributed by atoms with Crippen LogP contribution in [0.4, 0.5) is 13.2 Å². The number of alkyl halides is 3. The van der Waals surface area contributed by atoms with Crippen molar-refractivity contribution in [1.29, 1.82) is 0 Å². The highest BCUT2D eigenvalue weighted by atomic mass is 35.5. The Labute approximate surface area is 117 Å². The molecule has 1 nitrogen and oxygen atoms in total. The van der Waals surface area contributed by atoms with Crippen LogP contribution < -0.4 is 0 Å². The van der Waals surface area contributed by atoms with E-state index in [9.17, 15) is 13.2 Å². The zero-order chi connectivity index (χ0) is 14.5. The minimum atomic E-state index is -4.07. The van der Waals surface area contributed by atoms with E-state index in [0.717, 1.165) is 5.56 Å². The number of benzene rings is 1. The van der Waals surface area contributed by atoms with Gasteiger partial charge in [0, 0.05) is 24.0 Å². The monoisotopic (exact) mass is 293 g/mol. The Bertz CT molecular complexity index is 373. The third-order valence-electron chi connectivity index (χ3n) is 2.93. The van der Waals surface area contributed by atoms with Crippen molar-refractivity contribution < 1.29 is 13.2 Å². The Balaban J connectivity index is 2.51. The van der Waals surface area contributed by atoms with Crippen LogP contribution in [0.25, 0.3) is 0 Å². The predicted molar refractivity (Wildman–Crippen MR) is 72.3 cm³/mol. The SMILES string of the molecule is CC(C)N(CCCC(F)(F)F)Cc1ccc(Cl)cc1. The highest BCUT2D eigenvalue weighted by Gasteiger charge is 2.26. The van der Waals surface area contributed by atoms with E-state index in [0.29, 0.717) is 18.1 Å². The zero-order valence-electron chi connectivity index (χ0n) is 11.2. The number of hydrogen-bond donors (Lipinski definition) is 0. The van der Waals surface area contributed by atoms with Gasteiger partial charge in [-0.05, 0) is 44.5 Å². The minimum absolute atomic E-state index is 0.134. The second kappa shape index (κ2) is 7.15. The van der Waals surface area contributed by atoms with E-state index in [1.54, 1.807) is 12.1 Å². The predicted octanol–water partition coefficient (Wildman–Crippen LogP) is 4.89. The van der Waals surface area contributed by atoms with Crippen molar-refractivity contribution in [3.8, 4) is 0 Å². The van der Waals surface area contributed by atoms with Crippen LogP contribution in [-0.2, 0) is 6.54 Å². The third-order valence-corrected chi connectivity index (χ3v) is 3.19. The molecule has 0 saturated carbocycles. The number of rotatable bonds is 6. The second-order valence-corrected chi connectivity index (χ2v) is 5.35. The van der Waals surface area contributed by atoms with Gasteiger partial charge in [-0.2, -0.15) is 13.2 Å². The summed E-state index contributed by atoms with van der Waals surface area (Å²) in [7, 11) is 0. The Morgan fingerprint density at radius 2 is 1.74 bits per heavy atom. The maximum Gasteiger partial charge on any atom is 0.389 e. The molecule has 0 heterocycles. The van der Waals surface area contributed by atoms with Gasteiger partial charge < -0.3 is 0 Å². The fourth-order valence-electron chi connectivity index (χ4n) is 1.83. The van der Waals surface area contributed by atoms with Crippen molar-refractivity contribution in [3.63, 3.8) is 0 Å². The lowest BCUT2D eigenvalue weighted by molar-refractivity contribution is -0.136. The van der Waals surface area contributed by atoms with E-state index in [-0.39, 0.29) is 12.5 Å². The van der Waals surface area contributed by atoms with E-state index >= 15 is 0 Å². The quantitative estimate of drug-likeness (QED) is 0.721. The van der Waals surface area contributed by atoms with Gasteiger partial charge in [-0.15, -0.1) is 0 Å². The maximum atomic E-state index is 12.1. The van der Waals surface area contributed by atoms with Gasteiger partial charge in [0.15, 0.2) is 0 Å². The summed E-state index contributed by atoms with van der Waals surface area (Å²) in [4.78, 5) is 2.04. The van der Waals surface area contributed by atoms with Gasteiger partial charge in [0.05, 0.1) is 0 Å². The fourth-order valence-corrected chi connectivity index (χ4v) is 1.95. The Kier molecular flexibility index (Phi) is 6.14. The zero-order valence-corrected chi connectivity index (χ0v) is 11.9. The Morgan fingerprint density at radius 3 is 2.21 bits per heavy atom. The van der Waals surface area contributed by atoms with Gasteiger partial charge in [-0.1, -0.05) is 23.7 Å². The molecule has 0 saturated heterocycles. The lowest BCUT2D eigenvalue weighted by atomic mass is 10.1. The van der Waals surface area contributed by atoms with Crippen LogP contribution in [-0.4, -0.2) is 23.7 Å². The van der Waals surface area contributed by atoms with E-state index < -0.39 is 12.6 Å². The van der Waals surface area contributed by atoms with Crippen LogP contribution in [0.15, 0.2) is 24.3 Å². The van der Waals surface area contributed by atoms with Gasteiger partial charge in [0.2, 0.25) is 0 Å². The average Bonchev–Trinajstić information content (AvgIpc) is 2.28. The lowest BCUT2D eigenvalue weighted by Gasteiger charge is -2.26. The Hall–Kier alpha value is -0.740. The summed E-state index contributed by atoms with van der Waals surface area (Å²) in [6, 6.07) is 7.61. The van der Waals surface area contributed by atoms with Gasteiger partial charge in [0.1, 0.15) is 0 Å². The molecule has 1 rings (SSSR count). The van der Waals surface area contributed by atoms with Gasteiger partial charge in [-0.3, -0.25) is 4.90 Å². The second-order valence-electron chi connectivity index (χ2n) is 4.91. The normalized spacial score (nSPS) is 12.4. The van der Waals surface area contributed by atoms with Crippen molar-refractivity contribution >= 4 is 11.6 Å². The molecular weight excluding hydrogens is 275 g/mol. The van der Waals surface area contributed by atoms with Crippen molar-refractivity contribution in [2.75, 3.05) is 6.54 Å². The third kappa shape index (κ3) is 6.83. The van der Waals surface area contributed by atoms with Crippen molar-refractivity contribution in [1.82, 2.24) is 4.90 Å². The van der Waals surface area contributed by atoms with Crippen LogP contribution in [0.1, 0.15) is 32.3 Å². The first-order valence-corrected chi connectivity index (χ1v) is 6.71. The summed E-state index contributed by atoms with van der Waals surface area (Å²) in [5.41, 5.74) is 1.06. The maximum absolute atomic E-state index is 12.1. The molecule has 1 aromatic rings. The molecule has 0 spiro atoms. The summed E-state index contributed by atoms with van der Waals surface area (Å²) in [6.45, 7) is 5.07. The summed E-state index contributed by atoms with van der Waals surface area (Å²) in [6.07, 6.45) is -4.66. The van der Waals surface area contributed by atoms with Crippen LogP contribution in [0.3, 0.4) is 0 Å². The van der Waals surface area contributed by atoms with E-state index in [1.807, 2.05) is 30.9 Å². The van der Waals surface area contributed by atoms with Gasteiger partial charge in [-0.25, -0.2) is 0 Å². The Morgan fingerprint density at radius 1 is 1.16 bits per heavy atom. The summed E-state index contributed by atoms with van der Waals surface area (Å²) >= 11 is 5.81. The van der Waals surface area contributed by atoms with Crippen LogP contribution >= 0.6 is 11.6 Å². The van der Waals surface area contributed by atoms with Crippen LogP contribution in [0.2, 0.25) is 5.02 Å². The molecule has 0 unspecified atom stereocenters. The molecule has 108 valence electrons. The molecule has 0 aliphatic rings. The molecule has 19 heavy (non-hydrogen) atoms. The van der Waals surface area contributed by atoms with Crippen LogP contribution in [0.5, 0.6) is 0 Å². The molecule has 0 radical (unpaired) electrons. The van der Waals surface area contributed by atoms with Gasteiger partial charge in [0.25, 0.3) is 0 Å². The fraction of sp³-hybridized carbons (Fsp3) is 0.571. The molecule has 0 atom stereocenters.